The molecule has 0 aromatic heterocycles. The molecule has 0 radical (unpaired) electrons. The van der Waals surface area contributed by atoms with Crippen molar-refractivity contribution in [2.24, 2.45) is 0 Å². The van der Waals surface area contributed by atoms with Gasteiger partial charge in [0.05, 0.1) is 0 Å². The molecule has 3 nitrogen and oxygen atoms in total. The third-order valence-electron chi connectivity index (χ3n) is 1.29. The van der Waals surface area contributed by atoms with Crippen LogP contribution in [0.25, 0.3) is 0 Å². The van der Waals surface area contributed by atoms with E-state index in [1.807, 2.05) is 6.11 Å². The minimum atomic E-state index is -1.05. The van der Waals surface area contributed by atoms with Crippen LogP contribution in [-0.4, -0.2) is 11.1 Å². The van der Waals surface area contributed by atoms with Crippen molar-refractivity contribution in [3.8, 4) is 18.3 Å². The number of hydrogen-bond donors (Lipinski definition) is 1. The predicted molar refractivity (Wildman–Crippen MR) is 42.9 cm³/mol. The van der Waals surface area contributed by atoms with Gasteiger partial charge in [0.25, 0.3) is 0 Å². The molecule has 0 fully saturated rings. The molecule has 0 unspecified atom stereocenters. The number of ether oxygens (including phenoxy) is 1. The van der Waals surface area contributed by atoms with E-state index in [-0.39, 0.29) is 11.3 Å². The molecule has 0 aliphatic rings. The van der Waals surface area contributed by atoms with Crippen molar-refractivity contribution in [2.75, 3.05) is 0 Å². The van der Waals surface area contributed by atoms with Crippen LogP contribution in [-0.2, 0) is 0 Å². The van der Waals surface area contributed by atoms with Gasteiger partial charge in [0.1, 0.15) is 11.7 Å². The van der Waals surface area contributed by atoms with Crippen LogP contribution in [0.15, 0.2) is 24.3 Å². The first-order valence-electron chi connectivity index (χ1n) is 3.20. The van der Waals surface area contributed by atoms with Crippen molar-refractivity contribution in [1.82, 2.24) is 0 Å². The van der Waals surface area contributed by atoms with E-state index in [4.69, 9.17) is 11.5 Å². The lowest BCUT2D eigenvalue weighted by atomic mass is 10.2. The third kappa shape index (κ3) is 1.55. The Labute approximate surface area is 69.6 Å². The first-order chi connectivity index (χ1) is 5.75. The molecule has 0 aliphatic carbocycles. The Kier molecular flexibility index (Phi) is 2.34. The van der Waals surface area contributed by atoms with Crippen LogP contribution in [0, 0.1) is 12.5 Å². The predicted octanol–water partition coefficient (Wildman–Crippen LogP) is 1.35. The van der Waals surface area contributed by atoms with Crippen molar-refractivity contribution in [2.45, 2.75) is 0 Å². The van der Waals surface area contributed by atoms with Gasteiger partial charge in [-0.1, -0.05) is 18.6 Å². The number of carboxylic acid groups (broad SMARTS) is 1. The number of hydrogen-bond acceptors (Lipinski definition) is 2. The van der Waals surface area contributed by atoms with E-state index in [1.165, 1.54) is 12.1 Å². The lowest BCUT2D eigenvalue weighted by molar-refractivity contribution is 0.0694. The Bertz CT molecular complexity index is 336. The van der Waals surface area contributed by atoms with Gasteiger partial charge < -0.3 is 9.84 Å². The lowest BCUT2D eigenvalue weighted by Gasteiger charge is -2.00. The van der Waals surface area contributed by atoms with Gasteiger partial charge in [0.2, 0.25) is 0 Å². The molecule has 1 rings (SSSR count). The summed E-state index contributed by atoms with van der Waals surface area (Å²) in [6.45, 7) is 0. The summed E-state index contributed by atoms with van der Waals surface area (Å²) in [6, 6.07) is 6.18. The maximum Gasteiger partial charge on any atom is 0.339 e. The molecule has 0 spiro atoms. The van der Waals surface area contributed by atoms with E-state index in [1.54, 1.807) is 12.1 Å². The highest BCUT2D eigenvalue weighted by Crippen LogP contribution is 2.16. The van der Waals surface area contributed by atoms with E-state index < -0.39 is 5.97 Å². The largest absolute Gasteiger partial charge is 0.478 e. The van der Waals surface area contributed by atoms with Crippen LogP contribution < -0.4 is 4.74 Å². The van der Waals surface area contributed by atoms with Gasteiger partial charge in [-0.05, 0) is 12.1 Å². The minimum Gasteiger partial charge on any atom is -0.478 e. The zero-order valence-corrected chi connectivity index (χ0v) is 6.15. The molecule has 0 bridgehead atoms. The summed E-state index contributed by atoms with van der Waals surface area (Å²) in [7, 11) is 0. The van der Waals surface area contributed by atoms with Gasteiger partial charge in [0.15, 0.2) is 5.75 Å². The summed E-state index contributed by atoms with van der Waals surface area (Å²) >= 11 is 0. The van der Waals surface area contributed by atoms with Crippen molar-refractivity contribution in [3.63, 3.8) is 0 Å². The van der Waals surface area contributed by atoms with Crippen LogP contribution in [0.1, 0.15) is 10.4 Å². The number of benzene rings is 1. The summed E-state index contributed by atoms with van der Waals surface area (Å²) in [5.41, 5.74) is 0.0652. The monoisotopic (exact) mass is 162 g/mol. The molecule has 3 heteroatoms. The Morgan fingerprint density at radius 1 is 1.50 bits per heavy atom. The molecule has 1 N–H and O–H groups in total. The second-order valence-corrected chi connectivity index (χ2v) is 2.02. The second-order valence-electron chi connectivity index (χ2n) is 2.02. The van der Waals surface area contributed by atoms with Gasteiger partial charge in [-0.2, -0.15) is 0 Å². The Balaban J connectivity index is 3.10. The van der Waals surface area contributed by atoms with Crippen LogP contribution in [0.4, 0.5) is 0 Å². The number of rotatable bonds is 2. The highest BCUT2D eigenvalue weighted by atomic mass is 16.5. The fraction of sp³-hybridized carbons (Fsp3) is 0. The quantitative estimate of drug-likeness (QED) is 0.668. The maximum absolute atomic E-state index is 10.5. The molecule has 0 aliphatic heterocycles. The van der Waals surface area contributed by atoms with Crippen molar-refractivity contribution in [3.05, 3.63) is 29.8 Å². The first kappa shape index (κ1) is 8.15. The summed E-state index contributed by atoms with van der Waals surface area (Å²) in [6.07, 6.45) is 6.78. The molecule has 0 amide bonds. The van der Waals surface area contributed by atoms with E-state index >= 15 is 0 Å². The zero-order chi connectivity index (χ0) is 8.97. The SMILES string of the molecule is C#COc1ccccc1C(=O)O. The topological polar surface area (TPSA) is 46.5 Å². The van der Waals surface area contributed by atoms with Gasteiger partial charge in [-0.15, -0.1) is 0 Å². The van der Waals surface area contributed by atoms with Gasteiger partial charge in [0, 0.05) is 0 Å². The van der Waals surface area contributed by atoms with E-state index in [2.05, 4.69) is 4.74 Å². The standard InChI is InChI=1S/C9H6O3/c1-2-12-8-6-4-3-5-7(8)9(10)11/h1,3-6H,(H,10,11). The average Bonchev–Trinajstić information content (AvgIpc) is 2.05. The molecule has 0 atom stereocenters. The Morgan fingerprint density at radius 3 is 2.75 bits per heavy atom. The van der Waals surface area contributed by atoms with Gasteiger partial charge >= 0.3 is 5.97 Å². The second kappa shape index (κ2) is 3.44. The summed E-state index contributed by atoms with van der Waals surface area (Å²) in [5, 5.41) is 8.64. The smallest absolute Gasteiger partial charge is 0.339 e. The van der Waals surface area contributed by atoms with Crippen LogP contribution in [0.3, 0.4) is 0 Å². The first-order valence-corrected chi connectivity index (χ1v) is 3.20. The number of aromatic carboxylic acids is 1. The third-order valence-corrected chi connectivity index (χ3v) is 1.29. The number of carbonyl (C=O) groups is 1. The van der Waals surface area contributed by atoms with Gasteiger partial charge in [-0.25, -0.2) is 4.79 Å². The molecular weight excluding hydrogens is 156 g/mol. The highest BCUT2D eigenvalue weighted by Gasteiger charge is 2.08. The number of carboxylic acids is 1. The normalized spacial score (nSPS) is 8.58. The zero-order valence-electron chi connectivity index (χ0n) is 6.15. The van der Waals surface area contributed by atoms with Crippen LogP contribution >= 0.6 is 0 Å². The number of para-hydroxylation sites is 1. The molecule has 0 saturated heterocycles. The number of terminal acetylenes is 1. The molecule has 12 heavy (non-hydrogen) atoms. The van der Waals surface area contributed by atoms with E-state index in [0.29, 0.717) is 0 Å². The summed E-state index contributed by atoms with van der Waals surface area (Å²) < 4.78 is 4.65. The molecular formula is C9H6O3. The maximum atomic E-state index is 10.5. The fourth-order valence-electron chi connectivity index (χ4n) is 0.796. The molecule has 0 saturated carbocycles. The molecule has 1 aromatic carbocycles. The Morgan fingerprint density at radius 2 is 2.17 bits per heavy atom. The summed E-state index contributed by atoms with van der Waals surface area (Å²) in [5.74, 6) is -0.867. The minimum absolute atomic E-state index is 0.0652. The summed E-state index contributed by atoms with van der Waals surface area (Å²) in [4.78, 5) is 10.5. The lowest BCUT2D eigenvalue weighted by Crippen LogP contribution is -1.99. The van der Waals surface area contributed by atoms with E-state index in [9.17, 15) is 4.79 Å². The highest BCUT2D eigenvalue weighted by molar-refractivity contribution is 5.90. The Hall–Kier alpha value is -1.95. The van der Waals surface area contributed by atoms with Crippen molar-refractivity contribution in [1.29, 1.82) is 0 Å². The average molecular weight is 162 g/mol. The molecule has 60 valence electrons. The fourth-order valence-corrected chi connectivity index (χ4v) is 0.796. The van der Waals surface area contributed by atoms with Crippen molar-refractivity contribution < 1.29 is 14.6 Å². The van der Waals surface area contributed by atoms with Crippen LogP contribution in [0.2, 0.25) is 0 Å². The van der Waals surface area contributed by atoms with Crippen molar-refractivity contribution >= 4 is 5.97 Å². The van der Waals surface area contributed by atoms with Gasteiger partial charge in [-0.3, -0.25) is 0 Å². The van der Waals surface area contributed by atoms with E-state index in [0.717, 1.165) is 0 Å². The van der Waals surface area contributed by atoms with Crippen LogP contribution in [0.5, 0.6) is 5.75 Å². The molecule has 1 aromatic rings. The molecule has 0 heterocycles.